The van der Waals surface area contributed by atoms with Crippen LogP contribution >= 0.6 is 15.9 Å². The van der Waals surface area contributed by atoms with Crippen LogP contribution in [0.15, 0.2) is 17.0 Å². The Morgan fingerprint density at radius 2 is 2.15 bits per heavy atom. The van der Waals surface area contributed by atoms with E-state index in [0.29, 0.717) is 23.6 Å². The van der Waals surface area contributed by atoms with E-state index in [9.17, 15) is 4.79 Å². The SMILES string of the molecule is CC(C)(C)OC(=O)N1CC[C@H](Oc2cnc(Br)cn2)C1. The Kier molecular flexibility index (Phi) is 4.47. The van der Waals surface area contributed by atoms with Gasteiger partial charge in [-0.25, -0.2) is 14.8 Å². The lowest BCUT2D eigenvalue weighted by Gasteiger charge is -2.24. The maximum atomic E-state index is 11.9. The Bertz CT molecular complexity index is 473. The molecule has 1 fully saturated rings. The van der Waals surface area contributed by atoms with Gasteiger partial charge in [-0.05, 0) is 36.7 Å². The summed E-state index contributed by atoms with van der Waals surface area (Å²) in [6.45, 7) is 6.70. The number of rotatable bonds is 2. The van der Waals surface area contributed by atoms with E-state index in [2.05, 4.69) is 25.9 Å². The molecule has 6 nitrogen and oxygen atoms in total. The van der Waals surface area contributed by atoms with Crippen LogP contribution in [0.2, 0.25) is 0 Å². The van der Waals surface area contributed by atoms with Crippen molar-refractivity contribution < 1.29 is 14.3 Å². The van der Waals surface area contributed by atoms with Gasteiger partial charge >= 0.3 is 6.09 Å². The van der Waals surface area contributed by atoms with Crippen molar-refractivity contribution in [1.82, 2.24) is 14.9 Å². The standard InChI is InChI=1S/C13H18BrN3O3/c1-13(2,3)20-12(18)17-5-4-9(8-17)19-11-7-15-10(14)6-16-11/h6-7,9H,4-5,8H2,1-3H3/t9-/m0/s1. The Morgan fingerprint density at radius 1 is 1.40 bits per heavy atom. The molecule has 1 aliphatic rings. The Labute approximate surface area is 126 Å². The zero-order valence-corrected chi connectivity index (χ0v) is 13.4. The molecule has 1 aromatic rings. The quantitative estimate of drug-likeness (QED) is 0.825. The average molecular weight is 344 g/mol. The smallest absolute Gasteiger partial charge is 0.410 e. The number of aromatic nitrogens is 2. The molecule has 1 aliphatic heterocycles. The molecule has 2 heterocycles. The van der Waals surface area contributed by atoms with E-state index >= 15 is 0 Å². The lowest BCUT2D eigenvalue weighted by molar-refractivity contribution is 0.0275. The van der Waals surface area contributed by atoms with Gasteiger partial charge in [0.25, 0.3) is 0 Å². The minimum absolute atomic E-state index is 0.0713. The molecule has 1 atom stereocenters. The van der Waals surface area contributed by atoms with E-state index < -0.39 is 5.60 Å². The topological polar surface area (TPSA) is 64.5 Å². The second kappa shape index (κ2) is 5.95. The molecule has 0 unspecified atom stereocenters. The summed E-state index contributed by atoms with van der Waals surface area (Å²) in [5.74, 6) is 0.462. The molecule has 1 amide bonds. The molecule has 0 aromatic carbocycles. The highest BCUT2D eigenvalue weighted by atomic mass is 79.9. The van der Waals surface area contributed by atoms with Gasteiger partial charge in [-0.15, -0.1) is 0 Å². The first-order valence-electron chi connectivity index (χ1n) is 6.45. The number of hydrogen-bond donors (Lipinski definition) is 0. The lowest BCUT2D eigenvalue weighted by atomic mass is 10.2. The third kappa shape index (κ3) is 4.33. The minimum Gasteiger partial charge on any atom is -0.471 e. The van der Waals surface area contributed by atoms with Crippen LogP contribution in [-0.4, -0.2) is 45.8 Å². The summed E-state index contributed by atoms with van der Waals surface area (Å²) in [5, 5.41) is 0. The first kappa shape index (κ1) is 15.0. The van der Waals surface area contributed by atoms with Crippen LogP contribution in [0.1, 0.15) is 27.2 Å². The van der Waals surface area contributed by atoms with Crippen molar-refractivity contribution in [2.45, 2.75) is 38.9 Å². The molecule has 0 saturated carbocycles. The predicted octanol–water partition coefficient (Wildman–Crippen LogP) is 2.63. The zero-order valence-electron chi connectivity index (χ0n) is 11.8. The van der Waals surface area contributed by atoms with Gasteiger partial charge in [0.15, 0.2) is 0 Å². The van der Waals surface area contributed by atoms with E-state index in [0.717, 1.165) is 6.42 Å². The molecule has 1 saturated heterocycles. The Hall–Kier alpha value is -1.37. The molecule has 0 radical (unpaired) electrons. The van der Waals surface area contributed by atoms with E-state index in [1.54, 1.807) is 17.3 Å². The van der Waals surface area contributed by atoms with Crippen LogP contribution in [-0.2, 0) is 4.74 Å². The second-order valence-electron chi connectivity index (χ2n) is 5.63. The molecule has 0 aliphatic carbocycles. The molecule has 1 aromatic heterocycles. The number of carbonyl (C=O) groups excluding carboxylic acids is 1. The van der Waals surface area contributed by atoms with E-state index in [-0.39, 0.29) is 12.2 Å². The number of likely N-dealkylation sites (tertiary alicyclic amines) is 1. The molecule has 0 spiro atoms. The van der Waals surface area contributed by atoms with Gasteiger partial charge in [0.05, 0.1) is 18.9 Å². The highest BCUT2D eigenvalue weighted by molar-refractivity contribution is 9.10. The third-order valence-corrected chi connectivity index (χ3v) is 3.09. The van der Waals surface area contributed by atoms with Crippen molar-refractivity contribution in [2.24, 2.45) is 0 Å². The molecule has 110 valence electrons. The van der Waals surface area contributed by atoms with Gasteiger partial charge in [-0.1, -0.05) is 0 Å². The van der Waals surface area contributed by atoms with Crippen LogP contribution in [0.4, 0.5) is 4.79 Å². The number of carbonyl (C=O) groups is 1. The van der Waals surface area contributed by atoms with Gasteiger partial charge in [0.2, 0.25) is 5.88 Å². The summed E-state index contributed by atoms with van der Waals surface area (Å²) < 4.78 is 11.7. The van der Waals surface area contributed by atoms with Crippen molar-refractivity contribution in [2.75, 3.05) is 13.1 Å². The highest BCUT2D eigenvalue weighted by Gasteiger charge is 2.31. The highest BCUT2D eigenvalue weighted by Crippen LogP contribution is 2.19. The van der Waals surface area contributed by atoms with Gasteiger partial charge < -0.3 is 14.4 Å². The monoisotopic (exact) mass is 343 g/mol. The number of ether oxygens (including phenoxy) is 2. The van der Waals surface area contributed by atoms with Crippen molar-refractivity contribution in [3.8, 4) is 5.88 Å². The fraction of sp³-hybridized carbons (Fsp3) is 0.615. The van der Waals surface area contributed by atoms with Crippen LogP contribution in [0, 0.1) is 0 Å². The summed E-state index contributed by atoms with van der Waals surface area (Å²) in [6.07, 6.45) is 3.52. The summed E-state index contributed by atoms with van der Waals surface area (Å²) in [6, 6.07) is 0. The molecule has 20 heavy (non-hydrogen) atoms. The Morgan fingerprint density at radius 3 is 2.75 bits per heavy atom. The van der Waals surface area contributed by atoms with Gasteiger partial charge in [-0.2, -0.15) is 0 Å². The fourth-order valence-electron chi connectivity index (χ4n) is 1.85. The Balaban J connectivity index is 1.86. The summed E-state index contributed by atoms with van der Waals surface area (Å²) >= 11 is 3.22. The van der Waals surface area contributed by atoms with Gasteiger partial charge in [0.1, 0.15) is 16.3 Å². The van der Waals surface area contributed by atoms with E-state index in [4.69, 9.17) is 9.47 Å². The van der Waals surface area contributed by atoms with Crippen LogP contribution in [0.25, 0.3) is 0 Å². The second-order valence-corrected chi connectivity index (χ2v) is 6.44. The predicted molar refractivity (Wildman–Crippen MR) is 76.6 cm³/mol. The molecule has 7 heteroatoms. The first-order chi connectivity index (χ1) is 9.33. The normalized spacial score (nSPS) is 19.0. The number of hydrogen-bond acceptors (Lipinski definition) is 5. The van der Waals surface area contributed by atoms with E-state index in [1.165, 1.54) is 0 Å². The van der Waals surface area contributed by atoms with Crippen LogP contribution in [0.3, 0.4) is 0 Å². The van der Waals surface area contributed by atoms with E-state index in [1.807, 2.05) is 20.8 Å². The zero-order chi connectivity index (χ0) is 14.8. The minimum atomic E-state index is -0.479. The van der Waals surface area contributed by atoms with Crippen molar-refractivity contribution in [1.29, 1.82) is 0 Å². The van der Waals surface area contributed by atoms with Gasteiger partial charge in [-0.3, -0.25) is 0 Å². The summed E-state index contributed by atoms with van der Waals surface area (Å²) in [5.41, 5.74) is -0.479. The molecular formula is C13H18BrN3O3. The average Bonchev–Trinajstić information content (AvgIpc) is 2.79. The lowest BCUT2D eigenvalue weighted by Crippen LogP contribution is -2.36. The fourth-order valence-corrected chi connectivity index (χ4v) is 2.05. The first-order valence-corrected chi connectivity index (χ1v) is 7.25. The van der Waals surface area contributed by atoms with Crippen molar-refractivity contribution in [3.63, 3.8) is 0 Å². The molecule has 0 N–H and O–H groups in total. The van der Waals surface area contributed by atoms with Crippen LogP contribution in [0.5, 0.6) is 5.88 Å². The van der Waals surface area contributed by atoms with Crippen molar-refractivity contribution in [3.05, 3.63) is 17.0 Å². The molecule has 2 rings (SSSR count). The summed E-state index contributed by atoms with van der Waals surface area (Å²) in [7, 11) is 0. The number of halogens is 1. The number of nitrogens with zero attached hydrogens (tertiary/aromatic N) is 3. The maximum absolute atomic E-state index is 11.9. The summed E-state index contributed by atoms with van der Waals surface area (Å²) in [4.78, 5) is 21.7. The van der Waals surface area contributed by atoms with Crippen molar-refractivity contribution >= 4 is 22.0 Å². The molecule has 0 bridgehead atoms. The third-order valence-electron chi connectivity index (χ3n) is 2.68. The molecular weight excluding hydrogens is 326 g/mol. The maximum Gasteiger partial charge on any atom is 0.410 e. The largest absolute Gasteiger partial charge is 0.471 e. The van der Waals surface area contributed by atoms with Gasteiger partial charge in [0, 0.05) is 13.0 Å². The number of amides is 1. The van der Waals surface area contributed by atoms with Crippen LogP contribution < -0.4 is 4.74 Å².